The highest BCUT2D eigenvalue weighted by molar-refractivity contribution is 5.45. The molecule has 1 saturated heterocycles. The van der Waals surface area contributed by atoms with Crippen LogP contribution in [0.1, 0.15) is 33.1 Å². The molecular weight excluding hydrogens is 270 g/mol. The summed E-state index contributed by atoms with van der Waals surface area (Å²) >= 11 is 0. The van der Waals surface area contributed by atoms with E-state index in [1.165, 1.54) is 6.42 Å². The first-order valence-corrected chi connectivity index (χ1v) is 7.51. The van der Waals surface area contributed by atoms with E-state index in [0.717, 1.165) is 25.9 Å². The van der Waals surface area contributed by atoms with Crippen molar-refractivity contribution in [1.29, 1.82) is 0 Å². The zero-order valence-electron chi connectivity index (χ0n) is 12.8. The molecule has 2 heterocycles. The number of rotatable bonds is 6. The maximum atomic E-state index is 9.23. The summed E-state index contributed by atoms with van der Waals surface area (Å²) in [6, 6.07) is 0.180. The van der Waals surface area contributed by atoms with Crippen LogP contribution in [0.25, 0.3) is 0 Å². The number of nitrogens with one attached hydrogen (secondary N) is 1. The van der Waals surface area contributed by atoms with Crippen molar-refractivity contribution in [2.45, 2.75) is 39.2 Å². The molecule has 1 fully saturated rings. The van der Waals surface area contributed by atoms with Crippen LogP contribution in [0, 0.1) is 0 Å². The fourth-order valence-electron chi connectivity index (χ4n) is 2.48. The van der Waals surface area contributed by atoms with Crippen molar-refractivity contribution in [3.8, 4) is 0 Å². The van der Waals surface area contributed by atoms with Gasteiger partial charge < -0.3 is 14.9 Å². The van der Waals surface area contributed by atoms with E-state index in [4.69, 9.17) is 5.84 Å². The number of nitrogen functional groups attached to an aromatic ring is 1. The number of aliphatic hydroxyl groups is 1. The molecule has 2 rings (SSSR count). The number of hydrogen-bond donors (Lipinski definition) is 3. The van der Waals surface area contributed by atoms with E-state index >= 15 is 0 Å². The summed E-state index contributed by atoms with van der Waals surface area (Å²) in [4.78, 5) is 17.3. The predicted octanol–water partition coefficient (Wildman–Crippen LogP) is 0.355. The quantitative estimate of drug-likeness (QED) is 0.510. The van der Waals surface area contributed by atoms with E-state index in [1.54, 1.807) is 0 Å². The molecule has 1 aliphatic rings. The average Bonchev–Trinajstić information content (AvgIpc) is 2.52. The van der Waals surface area contributed by atoms with Gasteiger partial charge in [0, 0.05) is 25.7 Å². The fraction of sp³-hybridized carbons (Fsp3) is 0.769. The smallest absolute Gasteiger partial charge is 0.243 e. The number of aliphatic hydroxyl groups excluding tert-OH is 1. The molecule has 0 radical (unpaired) electrons. The summed E-state index contributed by atoms with van der Waals surface area (Å²) < 4.78 is 0. The van der Waals surface area contributed by atoms with E-state index in [-0.39, 0.29) is 12.6 Å². The molecule has 21 heavy (non-hydrogen) atoms. The molecule has 0 aliphatic carbocycles. The maximum Gasteiger partial charge on any atom is 0.243 e. The summed E-state index contributed by atoms with van der Waals surface area (Å²) in [6.45, 7) is 6.51. The predicted molar refractivity (Wildman–Crippen MR) is 83.3 cm³/mol. The molecule has 0 amide bonds. The van der Waals surface area contributed by atoms with E-state index in [2.05, 4.69) is 25.3 Å². The third kappa shape index (κ3) is 3.92. The van der Waals surface area contributed by atoms with Crippen LogP contribution in [0.2, 0.25) is 0 Å². The molecule has 0 aromatic carbocycles. The lowest BCUT2D eigenvalue weighted by atomic mass is 10.1. The van der Waals surface area contributed by atoms with Crippen molar-refractivity contribution >= 4 is 17.8 Å². The molecule has 4 N–H and O–H groups in total. The maximum absolute atomic E-state index is 9.23. The van der Waals surface area contributed by atoms with Gasteiger partial charge in [0.25, 0.3) is 0 Å². The summed E-state index contributed by atoms with van der Waals surface area (Å²) in [5, 5.41) is 9.23. The van der Waals surface area contributed by atoms with Crippen LogP contribution in [-0.2, 0) is 0 Å². The van der Waals surface area contributed by atoms with Gasteiger partial charge in [0.2, 0.25) is 17.8 Å². The Morgan fingerprint density at radius 1 is 1.24 bits per heavy atom. The molecule has 118 valence electrons. The van der Waals surface area contributed by atoms with Crippen molar-refractivity contribution in [3.63, 3.8) is 0 Å². The monoisotopic (exact) mass is 295 g/mol. The van der Waals surface area contributed by atoms with Gasteiger partial charge in [-0.25, -0.2) is 5.84 Å². The van der Waals surface area contributed by atoms with Crippen LogP contribution in [0.3, 0.4) is 0 Å². The van der Waals surface area contributed by atoms with E-state index in [9.17, 15) is 5.11 Å². The van der Waals surface area contributed by atoms with E-state index < -0.39 is 0 Å². The summed E-state index contributed by atoms with van der Waals surface area (Å²) in [5.74, 6) is 7.02. The first-order valence-electron chi connectivity index (χ1n) is 7.51. The summed E-state index contributed by atoms with van der Waals surface area (Å²) in [5.41, 5.74) is 2.50. The minimum absolute atomic E-state index is 0.0499. The first kappa shape index (κ1) is 15.7. The molecule has 8 nitrogen and oxygen atoms in total. The topological polar surface area (TPSA) is 103 Å². The third-order valence-corrected chi connectivity index (χ3v) is 3.60. The Bertz CT molecular complexity index is 448. The Morgan fingerprint density at radius 3 is 2.52 bits per heavy atom. The number of nitrogens with two attached hydrogens (primary N) is 1. The number of aromatic nitrogens is 3. The standard InChI is InChI=1S/C13H25N7O/c1-10(2)20(8-9-21)13-16-11(18-14)15-12(17-13)19-6-4-3-5-7-19/h10,21H,3-9,14H2,1-2H3,(H,15,16,17,18). The Labute approximate surface area is 125 Å². The minimum atomic E-state index is 0.0499. The Hall–Kier alpha value is -1.67. The molecule has 0 bridgehead atoms. The van der Waals surface area contributed by atoms with Crippen LogP contribution >= 0.6 is 0 Å². The van der Waals surface area contributed by atoms with Crippen molar-refractivity contribution < 1.29 is 5.11 Å². The number of hydrazine groups is 1. The van der Waals surface area contributed by atoms with Gasteiger partial charge in [-0.3, -0.25) is 5.43 Å². The first-order chi connectivity index (χ1) is 10.2. The number of anilines is 3. The normalized spacial score (nSPS) is 15.4. The molecule has 0 atom stereocenters. The van der Waals surface area contributed by atoms with Crippen LogP contribution < -0.4 is 21.1 Å². The van der Waals surface area contributed by atoms with Gasteiger partial charge in [0.15, 0.2) is 0 Å². The minimum Gasteiger partial charge on any atom is -0.395 e. The lowest BCUT2D eigenvalue weighted by Crippen LogP contribution is -2.37. The zero-order valence-corrected chi connectivity index (χ0v) is 12.8. The van der Waals surface area contributed by atoms with Crippen LogP contribution in [0.4, 0.5) is 17.8 Å². The van der Waals surface area contributed by atoms with E-state index in [0.29, 0.717) is 24.4 Å². The fourth-order valence-corrected chi connectivity index (χ4v) is 2.48. The molecule has 0 spiro atoms. The highest BCUT2D eigenvalue weighted by atomic mass is 16.3. The molecule has 1 aromatic heterocycles. The Balaban J connectivity index is 2.31. The largest absolute Gasteiger partial charge is 0.395 e. The lowest BCUT2D eigenvalue weighted by molar-refractivity contribution is 0.298. The molecule has 1 aliphatic heterocycles. The van der Waals surface area contributed by atoms with Crippen LogP contribution in [-0.4, -0.2) is 52.3 Å². The molecule has 0 saturated carbocycles. The Morgan fingerprint density at radius 2 is 1.95 bits per heavy atom. The second-order valence-electron chi connectivity index (χ2n) is 5.46. The van der Waals surface area contributed by atoms with Gasteiger partial charge in [-0.2, -0.15) is 15.0 Å². The van der Waals surface area contributed by atoms with Crippen molar-refractivity contribution in [1.82, 2.24) is 15.0 Å². The molecule has 1 aromatic rings. The van der Waals surface area contributed by atoms with Gasteiger partial charge in [0.05, 0.1) is 6.61 Å². The average molecular weight is 295 g/mol. The Kier molecular flexibility index (Phi) is 5.51. The van der Waals surface area contributed by atoms with E-state index in [1.807, 2.05) is 18.7 Å². The lowest BCUT2D eigenvalue weighted by Gasteiger charge is -2.30. The van der Waals surface area contributed by atoms with Crippen LogP contribution in [0.5, 0.6) is 0 Å². The van der Waals surface area contributed by atoms with Crippen molar-refractivity contribution in [2.24, 2.45) is 5.84 Å². The zero-order chi connectivity index (χ0) is 15.2. The molecule has 0 unspecified atom stereocenters. The van der Waals surface area contributed by atoms with Crippen molar-refractivity contribution in [2.75, 3.05) is 41.5 Å². The van der Waals surface area contributed by atoms with Gasteiger partial charge in [-0.05, 0) is 33.1 Å². The second-order valence-corrected chi connectivity index (χ2v) is 5.46. The molecule has 8 heteroatoms. The van der Waals surface area contributed by atoms with Crippen LogP contribution in [0.15, 0.2) is 0 Å². The second kappa shape index (κ2) is 7.37. The van der Waals surface area contributed by atoms with Crippen molar-refractivity contribution in [3.05, 3.63) is 0 Å². The summed E-state index contributed by atoms with van der Waals surface area (Å²) in [7, 11) is 0. The van der Waals surface area contributed by atoms with Gasteiger partial charge in [-0.1, -0.05) is 0 Å². The SMILES string of the molecule is CC(C)N(CCO)c1nc(NN)nc(N2CCCCC2)n1. The molecular formula is C13H25N7O. The number of piperidine rings is 1. The van der Waals surface area contributed by atoms with Gasteiger partial charge in [0.1, 0.15) is 0 Å². The highest BCUT2D eigenvalue weighted by Gasteiger charge is 2.20. The third-order valence-electron chi connectivity index (χ3n) is 3.60. The summed E-state index contributed by atoms with van der Waals surface area (Å²) in [6.07, 6.45) is 3.55. The van der Waals surface area contributed by atoms with Gasteiger partial charge in [-0.15, -0.1) is 0 Å². The van der Waals surface area contributed by atoms with Gasteiger partial charge >= 0.3 is 0 Å². The number of nitrogens with zero attached hydrogens (tertiary/aromatic N) is 5. The number of hydrogen-bond acceptors (Lipinski definition) is 8. The highest BCUT2D eigenvalue weighted by Crippen LogP contribution is 2.20.